The van der Waals surface area contributed by atoms with Gasteiger partial charge in [-0.3, -0.25) is 10.1 Å². The number of nitrogens with one attached hydrogen (secondary N) is 1. The van der Waals surface area contributed by atoms with Gasteiger partial charge in [-0.15, -0.1) is 0 Å². The van der Waals surface area contributed by atoms with Crippen LogP contribution in [0.2, 0.25) is 5.02 Å². The molecule has 0 fully saturated rings. The lowest BCUT2D eigenvalue weighted by atomic mass is 10.1. The smallest absolute Gasteiger partial charge is 0.241 e. The molecule has 6 nitrogen and oxygen atoms in total. The van der Waals surface area contributed by atoms with E-state index in [9.17, 15) is 10.1 Å². The van der Waals surface area contributed by atoms with Crippen LogP contribution in [0, 0.1) is 25.2 Å². The monoisotopic (exact) mass is 415 g/mol. The van der Waals surface area contributed by atoms with E-state index in [4.69, 9.17) is 11.6 Å². The minimum absolute atomic E-state index is 0.111. The summed E-state index contributed by atoms with van der Waals surface area (Å²) >= 11 is 8.30. The normalized spacial score (nSPS) is 10.4. The van der Waals surface area contributed by atoms with E-state index in [2.05, 4.69) is 25.7 Å². The summed E-state index contributed by atoms with van der Waals surface area (Å²) in [4.78, 5) is 20.9. The third kappa shape index (κ3) is 4.83. The van der Waals surface area contributed by atoms with Crippen molar-refractivity contribution in [3.05, 3.63) is 52.2 Å². The molecule has 1 N–H and O–H groups in total. The number of benzene rings is 1. The highest BCUT2D eigenvalue weighted by Gasteiger charge is 2.13. The van der Waals surface area contributed by atoms with Crippen LogP contribution in [0.1, 0.15) is 16.8 Å². The lowest BCUT2D eigenvalue weighted by Crippen LogP contribution is -2.15. The number of halogens is 1. The van der Waals surface area contributed by atoms with Crippen molar-refractivity contribution in [2.45, 2.75) is 18.9 Å². The number of hydrogen-bond acceptors (Lipinski definition) is 7. The van der Waals surface area contributed by atoms with Gasteiger partial charge in [-0.25, -0.2) is 4.98 Å². The topological polar surface area (TPSA) is 91.6 Å². The van der Waals surface area contributed by atoms with Crippen molar-refractivity contribution in [2.75, 3.05) is 11.1 Å². The summed E-state index contributed by atoms with van der Waals surface area (Å²) in [5.41, 5.74) is 3.03. The van der Waals surface area contributed by atoms with Gasteiger partial charge in [0.2, 0.25) is 11.9 Å². The van der Waals surface area contributed by atoms with E-state index in [0.717, 1.165) is 16.8 Å². The minimum atomic E-state index is -0.259. The molecule has 3 rings (SSSR count). The summed E-state index contributed by atoms with van der Waals surface area (Å²) in [6.07, 6.45) is 0. The lowest BCUT2D eigenvalue weighted by Gasteiger charge is -2.07. The van der Waals surface area contributed by atoms with E-state index in [0.29, 0.717) is 20.6 Å². The van der Waals surface area contributed by atoms with Crippen LogP contribution in [-0.2, 0) is 4.79 Å². The molecule has 0 aliphatic heterocycles. The maximum absolute atomic E-state index is 12.2. The van der Waals surface area contributed by atoms with E-state index in [-0.39, 0.29) is 17.6 Å². The molecule has 136 valence electrons. The second-order valence-corrected chi connectivity index (χ2v) is 7.79. The molecule has 0 saturated carbocycles. The first-order chi connectivity index (χ1) is 13.0. The Labute approximate surface area is 169 Å². The number of aryl methyl sites for hydroxylation is 2. The zero-order valence-corrected chi connectivity index (χ0v) is 16.9. The fourth-order valence-electron chi connectivity index (χ4n) is 2.32. The zero-order chi connectivity index (χ0) is 19.4. The second-order valence-electron chi connectivity index (χ2n) is 5.64. The molecule has 0 saturated heterocycles. The molecular formula is C18H14ClN5OS2. The number of thioether (sulfide) groups is 1. The number of nitriles is 1. The largest absolute Gasteiger partial charge is 0.293 e. The Morgan fingerprint density at radius 1 is 1.30 bits per heavy atom. The third-order valence-electron chi connectivity index (χ3n) is 3.53. The summed E-state index contributed by atoms with van der Waals surface area (Å²) in [6.45, 7) is 3.71. The molecule has 0 spiro atoms. The molecule has 2 aromatic heterocycles. The quantitative estimate of drug-likeness (QED) is 0.618. The molecular weight excluding hydrogens is 402 g/mol. The molecule has 0 aliphatic carbocycles. The van der Waals surface area contributed by atoms with Crippen molar-refractivity contribution in [3.63, 3.8) is 0 Å². The number of aromatic nitrogens is 3. The molecule has 27 heavy (non-hydrogen) atoms. The number of carbonyl (C=O) groups is 1. The van der Waals surface area contributed by atoms with Crippen LogP contribution in [-0.4, -0.2) is 26.0 Å². The maximum atomic E-state index is 12.2. The predicted molar refractivity (Wildman–Crippen MR) is 108 cm³/mol. The molecule has 3 aromatic rings. The number of amides is 1. The van der Waals surface area contributed by atoms with Gasteiger partial charge in [0, 0.05) is 16.3 Å². The van der Waals surface area contributed by atoms with Gasteiger partial charge in [-0.05, 0) is 49.1 Å². The van der Waals surface area contributed by atoms with Crippen LogP contribution in [0.3, 0.4) is 0 Å². The van der Waals surface area contributed by atoms with Gasteiger partial charge in [0.05, 0.1) is 11.3 Å². The van der Waals surface area contributed by atoms with Crippen molar-refractivity contribution in [1.29, 1.82) is 5.26 Å². The molecule has 2 heterocycles. The summed E-state index contributed by atoms with van der Waals surface area (Å²) in [6, 6.07) is 11.2. The van der Waals surface area contributed by atoms with E-state index < -0.39 is 0 Å². The molecule has 9 heteroatoms. The molecule has 1 amide bonds. The van der Waals surface area contributed by atoms with Gasteiger partial charge in [0.15, 0.2) is 0 Å². The Hall–Kier alpha value is -2.47. The van der Waals surface area contributed by atoms with Gasteiger partial charge >= 0.3 is 0 Å². The SMILES string of the molecule is Cc1cc(C)c(C#N)c(SCC(=O)Nc2nsc(-c3ccc(Cl)cc3)n2)n1. The number of pyridine rings is 1. The van der Waals surface area contributed by atoms with Crippen molar-refractivity contribution >= 4 is 46.8 Å². The van der Waals surface area contributed by atoms with Crippen molar-refractivity contribution in [3.8, 4) is 16.6 Å². The number of hydrogen-bond donors (Lipinski definition) is 1. The van der Waals surface area contributed by atoms with Crippen LogP contribution in [0.25, 0.3) is 10.6 Å². The van der Waals surface area contributed by atoms with E-state index in [1.54, 1.807) is 12.1 Å². The molecule has 0 aliphatic rings. The summed E-state index contributed by atoms with van der Waals surface area (Å²) < 4.78 is 4.16. The standard InChI is InChI=1S/C18H14ClN5OS2/c1-10-7-11(2)21-17(14(10)8-20)26-9-15(25)22-18-23-16(27-24-18)12-3-5-13(19)6-4-12/h3-7H,9H2,1-2H3,(H,22,24,25). The van der Waals surface area contributed by atoms with Crippen molar-refractivity contribution in [1.82, 2.24) is 14.3 Å². The van der Waals surface area contributed by atoms with Crippen LogP contribution < -0.4 is 5.32 Å². The highest BCUT2D eigenvalue weighted by atomic mass is 35.5. The molecule has 0 bridgehead atoms. The first-order valence-corrected chi connectivity index (χ1v) is 10.0. The fraction of sp³-hybridized carbons (Fsp3) is 0.167. The van der Waals surface area contributed by atoms with Crippen molar-refractivity contribution < 1.29 is 4.79 Å². The summed E-state index contributed by atoms with van der Waals surface area (Å²) in [5.74, 6) is 0.106. The molecule has 0 radical (unpaired) electrons. The number of rotatable bonds is 5. The van der Waals surface area contributed by atoms with Crippen LogP contribution in [0.15, 0.2) is 35.4 Å². The number of carbonyl (C=O) groups excluding carboxylic acids is 1. The van der Waals surface area contributed by atoms with Crippen LogP contribution >= 0.6 is 34.9 Å². The first-order valence-electron chi connectivity index (χ1n) is 7.87. The minimum Gasteiger partial charge on any atom is -0.293 e. The number of nitrogens with zero attached hydrogens (tertiary/aromatic N) is 4. The first kappa shape index (κ1) is 19.3. The van der Waals surface area contributed by atoms with Crippen LogP contribution in [0.4, 0.5) is 5.95 Å². The predicted octanol–water partition coefficient (Wildman–Crippen LogP) is 4.47. The Morgan fingerprint density at radius 3 is 2.74 bits per heavy atom. The Balaban J connectivity index is 1.64. The summed E-state index contributed by atoms with van der Waals surface area (Å²) in [7, 11) is 0. The van der Waals surface area contributed by atoms with Gasteiger partial charge in [0.25, 0.3) is 0 Å². The lowest BCUT2D eigenvalue weighted by molar-refractivity contribution is -0.113. The Morgan fingerprint density at radius 2 is 2.04 bits per heavy atom. The Bertz CT molecular complexity index is 1030. The van der Waals surface area contributed by atoms with Gasteiger partial charge in [-0.2, -0.15) is 14.6 Å². The fourth-order valence-corrected chi connectivity index (χ4v) is 3.98. The van der Waals surface area contributed by atoms with Crippen LogP contribution in [0.5, 0.6) is 0 Å². The van der Waals surface area contributed by atoms with E-state index in [1.807, 2.05) is 32.0 Å². The number of anilines is 1. The van der Waals surface area contributed by atoms with Crippen molar-refractivity contribution in [2.24, 2.45) is 0 Å². The highest BCUT2D eigenvalue weighted by molar-refractivity contribution is 8.00. The van der Waals surface area contributed by atoms with Gasteiger partial charge < -0.3 is 0 Å². The van der Waals surface area contributed by atoms with Gasteiger partial charge in [-0.1, -0.05) is 35.5 Å². The zero-order valence-electron chi connectivity index (χ0n) is 14.5. The molecule has 1 aromatic carbocycles. The summed E-state index contributed by atoms with van der Waals surface area (Å²) in [5, 5.41) is 13.8. The average Bonchev–Trinajstić information content (AvgIpc) is 3.08. The molecule has 0 unspecified atom stereocenters. The van der Waals surface area contributed by atoms with Gasteiger partial charge in [0.1, 0.15) is 16.1 Å². The second kappa shape index (κ2) is 8.48. The molecule has 0 atom stereocenters. The maximum Gasteiger partial charge on any atom is 0.241 e. The average molecular weight is 416 g/mol. The highest BCUT2D eigenvalue weighted by Crippen LogP contribution is 2.26. The van der Waals surface area contributed by atoms with E-state index >= 15 is 0 Å². The van der Waals surface area contributed by atoms with E-state index in [1.165, 1.54) is 23.3 Å². The Kier molecular flexibility index (Phi) is 6.06. The third-order valence-corrected chi connectivity index (χ3v) is 5.52.